The van der Waals surface area contributed by atoms with Crippen LogP contribution in [0.4, 0.5) is 0 Å². The first-order chi connectivity index (χ1) is 4.61. The van der Waals surface area contributed by atoms with Crippen LogP contribution in [0, 0.1) is 5.92 Å². The van der Waals surface area contributed by atoms with Gasteiger partial charge in [0.05, 0.1) is 0 Å². The summed E-state index contributed by atoms with van der Waals surface area (Å²) in [4.78, 5) is 20.9. The van der Waals surface area contributed by atoms with Gasteiger partial charge in [-0.25, -0.2) is 0 Å². The molecule has 0 aromatic carbocycles. The van der Waals surface area contributed by atoms with Gasteiger partial charge in [0.1, 0.15) is 6.10 Å². The number of hydrogen-bond acceptors (Lipinski definition) is 3. The summed E-state index contributed by atoms with van der Waals surface area (Å²) in [7, 11) is 0. The fourth-order valence-electron chi connectivity index (χ4n) is 0.958. The molecular formula is C6H8O4. The Kier molecular flexibility index (Phi) is 1.61. The highest BCUT2D eigenvalue weighted by atomic mass is 16.6. The first kappa shape index (κ1) is 7.05. The van der Waals surface area contributed by atoms with Crippen LogP contribution >= 0.6 is 0 Å². The predicted molar refractivity (Wildman–Crippen MR) is 31.3 cm³/mol. The second kappa shape index (κ2) is 2.28. The second-order valence-electron chi connectivity index (χ2n) is 2.37. The summed E-state index contributed by atoms with van der Waals surface area (Å²) < 4.78 is 4.62. The predicted octanol–water partition coefficient (Wildman–Crippen LogP) is 0.0226. The van der Waals surface area contributed by atoms with Gasteiger partial charge in [-0.15, -0.1) is 0 Å². The molecule has 0 aromatic rings. The van der Waals surface area contributed by atoms with E-state index in [-0.39, 0.29) is 6.10 Å². The third kappa shape index (κ3) is 1.10. The molecule has 4 nitrogen and oxygen atoms in total. The largest absolute Gasteiger partial charge is 0.481 e. The highest BCUT2D eigenvalue weighted by Crippen LogP contribution is 2.20. The minimum Gasteiger partial charge on any atom is -0.481 e. The Bertz CT molecular complexity index is 175. The lowest BCUT2D eigenvalue weighted by molar-refractivity contribution is -0.152. The van der Waals surface area contributed by atoms with Gasteiger partial charge in [-0.05, 0) is 6.92 Å². The lowest BCUT2D eigenvalue weighted by atomic mass is 10.1. The normalized spacial score (nSPS) is 31.9. The van der Waals surface area contributed by atoms with Crippen molar-refractivity contribution >= 4 is 11.9 Å². The lowest BCUT2D eigenvalue weighted by Crippen LogP contribution is -2.17. The average Bonchev–Trinajstić information content (AvgIpc) is 2.10. The van der Waals surface area contributed by atoms with E-state index < -0.39 is 17.9 Å². The van der Waals surface area contributed by atoms with Crippen LogP contribution in [0.5, 0.6) is 0 Å². The molecule has 4 heteroatoms. The van der Waals surface area contributed by atoms with Gasteiger partial charge in [-0.2, -0.15) is 0 Å². The van der Waals surface area contributed by atoms with Gasteiger partial charge in [0.25, 0.3) is 0 Å². The molecule has 1 N–H and O–H groups in total. The van der Waals surface area contributed by atoms with Crippen molar-refractivity contribution in [1.29, 1.82) is 0 Å². The lowest BCUT2D eigenvalue weighted by Gasteiger charge is -1.95. The molecule has 10 heavy (non-hydrogen) atoms. The molecule has 0 amide bonds. The van der Waals surface area contributed by atoms with E-state index in [1.807, 2.05) is 0 Å². The van der Waals surface area contributed by atoms with Crippen LogP contribution in [0.25, 0.3) is 0 Å². The first-order valence-electron chi connectivity index (χ1n) is 3.04. The molecule has 0 bridgehead atoms. The Morgan fingerprint density at radius 1 is 1.80 bits per heavy atom. The van der Waals surface area contributed by atoms with Gasteiger partial charge < -0.3 is 9.84 Å². The van der Waals surface area contributed by atoms with E-state index in [2.05, 4.69) is 4.74 Å². The number of carbonyl (C=O) groups is 2. The molecule has 1 aliphatic heterocycles. The highest BCUT2D eigenvalue weighted by Gasteiger charge is 2.37. The Morgan fingerprint density at radius 3 is 2.60 bits per heavy atom. The van der Waals surface area contributed by atoms with E-state index in [0.29, 0.717) is 6.42 Å². The van der Waals surface area contributed by atoms with E-state index in [9.17, 15) is 9.59 Å². The van der Waals surface area contributed by atoms with Gasteiger partial charge in [-0.1, -0.05) is 0 Å². The van der Waals surface area contributed by atoms with Crippen LogP contribution in [0.2, 0.25) is 0 Å². The topological polar surface area (TPSA) is 63.6 Å². The molecule has 0 spiro atoms. The van der Waals surface area contributed by atoms with Crippen molar-refractivity contribution in [2.45, 2.75) is 19.4 Å². The average molecular weight is 144 g/mol. The molecule has 56 valence electrons. The Morgan fingerprint density at radius 2 is 2.40 bits per heavy atom. The molecule has 0 aromatic heterocycles. The van der Waals surface area contributed by atoms with E-state index in [1.165, 1.54) is 0 Å². The van der Waals surface area contributed by atoms with E-state index in [1.54, 1.807) is 6.92 Å². The summed E-state index contributed by atoms with van der Waals surface area (Å²) in [6, 6.07) is 0. The third-order valence-electron chi connectivity index (χ3n) is 1.47. The molecule has 1 aliphatic rings. The van der Waals surface area contributed by atoms with Crippen LogP contribution in [0.1, 0.15) is 13.3 Å². The van der Waals surface area contributed by atoms with Crippen molar-refractivity contribution in [2.75, 3.05) is 0 Å². The smallest absolute Gasteiger partial charge is 0.320 e. The fraction of sp³-hybridized carbons (Fsp3) is 0.667. The van der Waals surface area contributed by atoms with E-state index in [0.717, 1.165) is 0 Å². The summed E-state index contributed by atoms with van der Waals surface area (Å²) in [5, 5.41) is 8.40. The van der Waals surface area contributed by atoms with Crippen LogP contribution in [-0.4, -0.2) is 23.1 Å². The Labute approximate surface area is 57.8 Å². The van der Waals surface area contributed by atoms with Gasteiger partial charge in [-0.3, -0.25) is 9.59 Å². The summed E-state index contributed by atoms with van der Waals surface area (Å²) in [6.07, 6.45) is 0.0577. The summed E-state index contributed by atoms with van der Waals surface area (Å²) in [5.74, 6) is -2.63. The van der Waals surface area contributed by atoms with Crippen LogP contribution in [0.3, 0.4) is 0 Å². The van der Waals surface area contributed by atoms with Crippen molar-refractivity contribution in [1.82, 2.24) is 0 Å². The molecule has 0 aliphatic carbocycles. The molecule has 1 heterocycles. The number of carboxylic acids is 1. The Balaban J connectivity index is 2.63. The first-order valence-corrected chi connectivity index (χ1v) is 3.04. The molecule has 0 saturated carbocycles. The standard InChI is InChI=1S/C6H8O4/c1-3-2-4(5(7)8)6(9)10-3/h3-4H,2H2,1H3,(H,7,8). The minimum absolute atomic E-state index is 0.242. The number of cyclic esters (lactones) is 1. The molecule has 0 radical (unpaired) electrons. The maximum atomic E-state index is 10.6. The summed E-state index contributed by atoms with van der Waals surface area (Å²) in [5.41, 5.74) is 0. The maximum Gasteiger partial charge on any atom is 0.320 e. The number of carbonyl (C=O) groups excluding carboxylic acids is 1. The van der Waals surface area contributed by atoms with Crippen molar-refractivity contribution < 1.29 is 19.4 Å². The molecule has 1 fully saturated rings. The number of rotatable bonds is 1. The van der Waals surface area contributed by atoms with E-state index in [4.69, 9.17) is 5.11 Å². The van der Waals surface area contributed by atoms with E-state index >= 15 is 0 Å². The third-order valence-corrected chi connectivity index (χ3v) is 1.47. The Hall–Kier alpha value is -1.06. The number of aliphatic carboxylic acids is 1. The molecular weight excluding hydrogens is 136 g/mol. The quantitative estimate of drug-likeness (QED) is 0.416. The number of hydrogen-bond donors (Lipinski definition) is 1. The van der Waals surface area contributed by atoms with Crippen LogP contribution in [0.15, 0.2) is 0 Å². The number of esters is 1. The van der Waals surface area contributed by atoms with Gasteiger partial charge >= 0.3 is 11.9 Å². The SMILES string of the molecule is CC1CC(C(=O)O)C(=O)O1. The summed E-state index contributed by atoms with van der Waals surface area (Å²) in [6.45, 7) is 1.68. The fourth-order valence-corrected chi connectivity index (χ4v) is 0.958. The zero-order chi connectivity index (χ0) is 7.72. The molecule has 2 atom stereocenters. The summed E-state index contributed by atoms with van der Waals surface area (Å²) >= 11 is 0. The number of ether oxygens (including phenoxy) is 1. The van der Waals surface area contributed by atoms with Crippen molar-refractivity contribution in [3.05, 3.63) is 0 Å². The molecule has 2 unspecified atom stereocenters. The maximum absolute atomic E-state index is 10.6. The minimum atomic E-state index is -1.09. The highest BCUT2D eigenvalue weighted by molar-refractivity contribution is 5.95. The molecule has 1 rings (SSSR count). The van der Waals surface area contributed by atoms with Gasteiger partial charge in [0, 0.05) is 6.42 Å². The second-order valence-corrected chi connectivity index (χ2v) is 2.37. The van der Waals surface area contributed by atoms with Crippen LogP contribution < -0.4 is 0 Å². The van der Waals surface area contributed by atoms with Crippen molar-refractivity contribution in [3.8, 4) is 0 Å². The monoisotopic (exact) mass is 144 g/mol. The van der Waals surface area contributed by atoms with Gasteiger partial charge in [0.2, 0.25) is 0 Å². The van der Waals surface area contributed by atoms with Crippen LogP contribution in [-0.2, 0) is 14.3 Å². The van der Waals surface area contributed by atoms with Crippen molar-refractivity contribution in [3.63, 3.8) is 0 Å². The zero-order valence-corrected chi connectivity index (χ0v) is 5.53. The van der Waals surface area contributed by atoms with Gasteiger partial charge in [0.15, 0.2) is 5.92 Å². The zero-order valence-electron chi connectivity index (χ0n) is 5.53. The molecule has 1 saturated heterocycles. The van der Waals surface area contributed by atoms with Crippen molar-refractivity contribution in [2.24, 2.45) is 5.92 Å². The number of carboxylic acid groups (broad SMARTS) is 1.